The van der Waals surface area contributed by atoms with Gasteiger partial charge in [0.1, 0.15) is 0 Å². The van der Waals surface area contributed by atoms with Crippen molar-refractivity contribution in [3.8, 4) is 11.3 Å². The summed E-state index contributed by atoms with van der Waals surface area (Å²) in [7, 11) is 0. The topological polar surface area (TPSA) is 51.2 Å². The molecule has 0 radical (unpaired) electrons. The maximum absolute atomic E-state index is 13.2. The van der Waals surface area contributed by atoms with Gasteiger partial charge in [-0.15, -0.1) is 0 Å². The van der Waals surface area contributed by atoms with Crippen LogP contribution in [0.15, 0.2) is 53.0 Å². The van der Waals surface area contributed by atoms with Crippen molar-refractivity contribution >= 4 is 32.7 Å². The highest BCUT2D eigenvalue weighted by Crippen LogP contribution is 2.28. The van der Waals surface area contributed by atoms with Gasteiger partial charge >= 0.3 is 0 Å². The molecule has 0 aliphatic carbocycles. The Hall–Kier alpha value is -2.24. The molecule has 4 nitrogen and oxygen atoms in total. The summed E-state index contributed by atoms with van der Waals surface area (Å²) < 4.78 is 6.65. The largest absolute Gasteiger partial charge is 0.376 e. The number of pyridine rings is 1. The number of aryl methyl sites for hydroxylation is 1. The summed E-state index contributed by atoms with van der Waals surface area (Å²) in [6.45, 7) is 4.84. The fourth-order valence-corrected chi connectivity index (χ4v) is 3.99. The summed E-state index contributed by atoms with van der Waals surface area (Å²) in [5.41, 5.74) is 4.42. The molecule has 1 saturated heterocycles. The van der Waals surface area contributed by atoms with Gasteiger partial charge in [0.25, 0.3) is 5.91 Å². The number of fused-ring (bicyclic) bond motifs is 1. The molecular formula is C23H23BrN2O2. The Morgan fingerprint density at radius 3 is 2.71 bits per heavy atom. The van der Waals surface area contributed by atoms with Gasteiger partial charge in [-0.05, 0) is 51.0 Å². The number of benzene rings is 2. The lowest BCUT2D eigenvalue weighted by molar-refractivity contribution is 0.0713. The van der Waals surface area contributed by atoms with Gasteiger partial charge in [-0.3, -0.25) is 4.79 Å². The van der Waals surface area contributed by atoms with Crippen LogP contribution >= 0.6 is 15.9 Å². The van der Waals surface area contributed by atoms with E-state index in [0.717, 1.165) is 46.1 Å². The minimum absolute atomic E-state index is 0.0341. The second-order valence-electron chi connectivity index (χ2n) is 7.40. The molecule has 3 aromatic rings. The molecule has 4 rings (SSSR count). The highest BCUT2D eigenvalue weighted by molar-refractivity contribution is 9.10. The molecule has 0 bridgehead atoms. The van der Waals surface area contributed by atoms with Crippen LogP contribution in [0.3, 0.4) is 0 Å². The average Bonchev–Trinajstić information content (AvgIpc) is 3.22. The van der Waals surface area contributed by atoms with Gasteiger partial charge in [-0.2, -0.15) is 0 Å². The molecule has 2 atom stereocenters. The summed E-state index contributed by atoms with van der Waals surface area (Å²) in [4.78, 5) is 18.0. The number of hydrogen-bond donors (Lipinski definition) is 1. The van der Waals surface area contributed by atoms with Crippen molar-refractivity contribution < 1.29 is 9.53 Å². The number of hydrogen-bond acceptors (Lipinski definition) is 3. The van der Waals surface area contributed by atoms with Crippen LogP contribution in [0.2, 0.25) is 0 Å². The first-order valence-corrected chi connectivity index (χ1v) is 10.4. The maximum Gasteiger partial charge on any atom is 0.252 e. The molecule has 144 valence electrons. The van der Waals surface area contributed by atoms with Crippen LogP contribution in [-0.4, -0.2) is 29.6 Å². The van der Waals surface area contributed by atoms with Gasteiger partial charge in [-0.25, -0.2) is 4.98 Å². The van der Waals surface area contributed by atoms with Gasteiger partial charge in [0, 0.05) is 22.0 Å². The van der Waals surface area contributed by atoms with E-state index in [1.54, 1.807) is 0 Å². The van der Waals surface area contributed by atoms with Crippen LogP contribution in [0, 0.1) is 6.92 Å². The summed E-state index contributed by atoms with van der Waals surface area (Å²) in [5.74, 6) is -0.0955. The summed E-state index contributed by atoms with van der Waals surface area (Å²) >= 11 is 3.51. The number of carbonyl (C=O) groups excluding carboxylic acids is 1. The van der Waals surface area contributed by atoms with Crippen molar-refractivity contribution in [3.05, 3.63) is 64.1 Å². The molecule has 28 heavy (non-hydrogen) atoms. The highest BCUT2D eigenvalue weighted by Gasteiger charge is 2.25. The molecular weight excluding hydrogens is 416 g/mol. The van der Waals surface area contributed by atoms with Gasteiger partial charge in [-0.1, -0.05) is 45.8 Å². The first kappa shape index (κ1) is 19.1. The summed E-state index contributed by atoms with van der Waals surface area (Å²) in [6.07, 6.45) is 2.12. The van der Waals surface area contributed by atoms with Crippen molar-refractivity contribution in [3.63, 3.8) is 0 Å². The number of amides is 1. The number of carbonyl (C=O) groups is 1. The first-order valence-electron chi connectivity index (χ1n) is 9.61. The van der Waals surface area contributed by atoms with Crippen LogP contribution in [0.25, 0.3) is 22.2 Å². The maximum atomic E-state index is 13.2. The normalized spacial score (nSPS) is 17.6. The molecule has 0 unspecified atom stereocenters. The smallest absolute Gasteiger partial charge is 0.252 e. The summed E-state index contributed by atoms with van der Waals surface area (Å²) in [5, 5.41) is 3.97. The van der Waals surface area contributed by atoms with Crippen LogP contribution < -0.4 is 5.32 Å². The molecule has 1 aromatic heterocycles. The van der Waals surface area contributed by atoms with E-state index in [2.05, 4.69) is 40.3 Å². The molecule has 2 heterocycles. The molecule has 1 N–H and O–H groups in total. The molecule has 1 amide bonds. The van der Waals surface area contributed by atoms with Crippen LogP contribution in [0.5, 0.6) is 0 Å². The molecule has 1 aliphatic rings. The van der Waals surface area contributed by atoms with Crippen molar-refractivity contribution in [2.45, 2.75) is 38.8 Å². The monoisotopic (exact) mass is 438 g/mol. The molecule has 5 heteroatoms. The van der Waals surface area contributed by atoms with Crippen LogP contribution in [-0.2, 0) is 4.74 Å². The number of nitrogens with one attached hydrogen (secondary N) is 1. The van der Waals surface area contributed by atoms with E-state index >= 15 is 0 Å². The van der Waals surface area contributed by atoms with E-state index in [-0.39, 0.29) is 18.1 Å². The lowest BCUT2D eigenvalue weighted by Crippen LogP contribution is -2.40. The Bertz CT molecular complexity index is 1010. The fraction of sp³-hybridized carbons (Fsp3) is 0.304. The average molecular weight is 439 g/mol. The van der Waals surface area contributed by atoms with Crippen molar-refractivity contribution in [1.82, 2.24) is 10.3 Å². The van der Waals surface area contributed by atoms with E-state index in [1.165, 1.54) is 5.56 Å². The second kappa shape index (κ2) is 8.02. The van der Waals surface area contributed by atoms with Gasteiger partial charge in [0.15, 0.2) is 0 Å². The Morgan fingerprint density at radius 2 is 2.00 bits per heavy atom. The van der Waals surface area contributed by atoms with E-state index in [1.807, 2.05) is 43.3 Å². The lowest BCUT2D eigenvalue weighted by atomic mass is 10.0. The standard InChI is InChI=1S/C23H23BrN2O2/c1-14-5-7-16(8-6-14)21-13-19(18-12-17(24)9-10-20(18)26-21)23(27)25-15(2)22-4-3-11-28-22/h5-10,12-13,15,22H,3-4,11H2,1-2H3,(H,25,27)/t15-,22+/m1/s1. The van der Waals surface area contributed by atoms with Gasteiger partial charge < -0.3 is 10.1 Å². The third kappa shape index (κ3) is 3.96. The summed E-state index contributed by atoms with van der Waals surface area (Å²) in [6, 6.07) is 15.9. The minimum atomic E-state index is -0.0955. The van der Waals surface area contributed by atoms with E-state index < -0.39 is 0 Å². The molecule has 0 spiro atoms. The molecule has 2 aromatic carbocycles. The van der Waals surface area contributed by atoms with E-state index in [9.17, 15) is 4.79 Å². The number of aromatic nitrogens is 1. The lowest BCUT2D eigenvalue weighted by Gasteiger charge is -2.20. The SMILES string of the molecule is Cc1ccc(-c2cc(C(=O)N[C@H](C)[C@@H]3CCCO3)c3cc(Br)ccc3n2)cc1. The minimum Gasteiger partial charge on any atom is -0.376 e. The predicted octanol–water partition coefficient (Wildman–Crippen LogP) is 5.27. The number of rotatable bonds is 4. The molecule has 1 fully saturated rings. The number of ether oxygens (including phenoxy) is 1. The zero-order valence-electron chi connectivity index (χ0n) is 16.0. The second-order valence-corrected chi connectivity index (χ2v) is 8.31. The fourth-order valence-electron chi connectivity index (χ4n) is 3.63. The Morgan fingerprint density at radius 1 is 1.21 bits per heavy atom. The van der Waals surface area contributed by atoms with Crippen molar-refractivity contribution in [1.29, 1.82) is 0 Å². The Balaban J connectivity index is 1.75. The zero-order chi connectivity index (χ0) is 19.7. The number of halogens is 1. The van der Waals surface area contributed by atoms with Gasteiger partial charge in [0.2, 0.25) is 0 Å². The van der Waals surface area contributed by atoms with E-state index in [4.69, 9.17) is 9.72 Å². The first-order chi connectivity index (χ1) is 13.5. The van der Waals surface area contributed by atoms with E-state index in [0.29, 0.717) is 5.56 Å². The Kier molecular flexibility index (Phi) is 5.47. The van der Waals surface area contributed by atoms with Crippen LogP contribution in [0.1, 0.15) is 35.7 Å². The Labute approximate surface area is 173 Å². The van der Waals surface area contributed by atoms with Crippen LogP contribution in [0.4, 0.5) is 0 Å². The third-order valence-electron chi connectivity index (χ3n) is 5.24. The van der Waals surface area contributed by atoms with Crippen molar-refractivity contribution in [2.24, 2.45) is 0 Å². The quantitative estimate of drug-likeness (QED) is 0.603. The van der Waals surface area contributed by atoms with Gasteiger partial charge in [0.05, 0.1) is 28.9 Å². The molecule has 0 saturated carbocycles. The van der Waals surface area contributed by atoms with Crippen molar-refractivity contribution in [2.75, 3.05) is 6.61 Å². The molecule has 1 aliphatic heterocycles. The third-order valence-corrected chi connectivity index (χ3v) is 5.74. The zero-order valence-corrected chi connectivity index (χ0v) is 17.6. The predicted molar refractivity (Wildman–Crippen MR) is 116 cm³/mol. The number of nitrogens with zero attached hydrogens (tertiary/aromatic N) is 1. The highest BCUT2D eigenvalue weighted by atomic mass is 79.9.